The minimum atomic E-state index is -1.91. The van der Waals surface area contributed by atoms with Crippen LogP contribution in [-0.4, -0.2) is 37.4 Å². The molecule has 0 bridgehead atoms. The normalized spacial score (nSPS) is 17.6. The zero-order chi connectivity index (χ0) is 25.1. The average Bonchev–Trinajstić information content (AvgIpc) is 2.53. The van der Waals surface area contributed by atoms with Gasteiger partial charge < -0.3 is 8.85 Å². The molecule has 0 aliphatic rings. The van der Waals surface area contributed by atoms with E-state index in [0.29, 0.717) is 11.8 Å². The van der Waals surface area contributed by atoms with Gasteiger partial charge in [0.25, 0.3) is 0 Å². The van der Waals surface area contributed by atoms with Crippen molar-refractivity contribution >= 4 is 24.7 Å². The summed E-state index contributed by atoms with van der Waals surface area (Å²) in [7, 11) is -5.07. The summed E-state index contributed by atoms with van der Waals surface area (Å²) < 4.78 is 13.6. The lowest BCUT2D eigenvalue weighted by Gasteiger charge is -2.43. The predicted octanol–water partition coefficient (Wildman–Crippen LogP) is 8.50. The standard InChI is InChI=1S/C26H54O2Si3/c1-21(17-18-29(10,11)12)19-22(2)24(28-31(15,16)26(7,8)9)23(3)20-27-30(13,14)25(4,5)6/h19,22-24H,20H2,1-16H3/b21-19+/t22-,23+,24-/m1/s1. The molecule has 2 nitrogen and oxygen atoms in total. The second-order valence-corrected chi connectivity index (χ2v) is 27.9. The SMILES string of the molecule is C/C(C#C[Si](C)(C)C)=C\[C@@H](C)[C@@H](O[Si](C)(C)C(C)(C)C)[C@@H](C)CO[Si](C)(C)C(C)(C)C. The predicted molar refractivity (Wildman–Crippen MR) is 148 cm³/mol. The van der Waals surface area contributed by atoms with Gasteiger partial charge in [0.1, 0.15) is 8.07 Å². The highest BCUT2D eigenvalue weighted by Crippen LogP contribution is 2.40. The van der Waals surface area contributed by atoms with E-state index < -0.39 is 24.7 Å². The Labute approximate surface area is 199 Å². The molecule has 0 spiro atoms. The van der Waals surface area contributed by atoms with Gasteiger partial charge in [-0.05, 0) is 48.8 Å². The van der Waals surface area contributed by atoms with Crippen LogP contribution in [0.15, 0.2) is 11.6 Å². The molecule has 0 aliphatic heterocycles. The first kappa shape index (κ1) is 30.9. The van der Waals surface area contributed by atoms with Crippen molar-refractivity contribution in [2.45, 2.75) is 124 Å². The third-order valence-corrected chi connectivity index (χ3v) is 16.8. The van der Waals surface area contributed by atoms with Crippen molar-refractivity contribution in [2.24, 2.45) is 11.8 Å². The molecule has 31 heavy (non-hydrogen) atoms. The van der Waals surface area contributed by atoms with Crippen LogP contribution >= 0.6 is 0 Å². The van der Waals surface area contributed by atoms with Gasteiger partial charge in [-0.2, -0.15) is 0 Å². The summed E-state index contributed by atoms with van der Waals surface area (Å²) in [5.41, 5.74) is 4.66. The molecule has 0 rings (SSSR count). The highest BCUT2D eigenvalue weighted by atomic mass is 28.4. The Hall–Kier alpha value is -0.129. The van der Waals surface area contributed by atoms with E-state index in [-0.39, 0.29) is 16.2 Å². The van der Waals surface area contributed by atoms with Crippen LogP contribution in [0.25, 0.3) is 0 Å². The molecule has 0 aliphatic carbocycles. The van der Waals surface area contributed by atoms with E-state index in [1.807, 2.05) is 0 Å². The van der Waals surface area contributed by atoms with Crippen LogP contribution in [0.5, 0.6) is 0 Å². The van der Waals surface area contributed by atoms with Gasteiger partial charge in [-0.15, -0.1) is 5.54 Å². The van der Waals surface area contributed by atoms with Crippen molar-refractivity contribution in [1.82, 2.24) is 0 Å². The summed E-state index contributed by atoms with van der Waals surface area (Å²) in [5.74, 6) is 4.04. The van der Waals surface area contributed by atoms with Gasteiger partial charge in [0.15, 0.2) is 16.6 Å². The van der Waals surface area contributed by atoms with Crippen molar-refractivity contribution in [3.8, 4) is 11.5 Å². The van der Waals surface area contributed by atoms with Gasteiger partial charge in [-0.25, -0.2) is 0 Å². The van der Waals surface area contributed by atoms with Gasteiger partial charge in [0, 0.05) is 18.4 Å². The molecule has 0 aromatic carbocycles. The van der Waals surface area contributed by atoms with E-state index in [0.717, 1.165) is 12.2 Å². The van der Waals surface area contributed by atoms with Gasteiger partial charge in [0.05, 0.1) is 6.10 Å². The average molecular weight is 483 g/mol. The number of hydrogen-bond acceptors (Lipinski definition) is 2. The third kappa shape index (κ3) is 10.6. The Morgan fingerprint density at radius 2 is 1.29 bits per heavy atom. The molecule has 0 aromatic rings. The molecule has 0 radical (unpaired) electrons. The summed E-state index contributed by atoms with van der Waals surface area (Å²) in [6.07, 6.45) is 2.46. The highest BCUT2D eigenvalue weighted by molar-refractivity contribution is 6.83. The molecule has 5 heteroatoms. The minimum Gasteiger partial charge on any atom is -0.416 e. The highest BCUT2D eigenvalue weighted by Gasteiger charge is 2.42. The number of hydrogen-bond donors (Lipinski definition) is 0. The molecule has 0 fully saturated rings. The lowest BCUT2D eigenvalue weighted by molar-refractivity contribution is 0.0625. The Bertz CT molecular complexity index is 662. The zero-order valence-electron chi connectivity index (χ0n) is 23.8. The summed E-state index contributed by atoms with van der Waals surface area (Å²) in [6, 6.07) is 0. The van der Waals surface area contributed by atoms with Crippen LogP contribution in [0.4, 0.5) is 0 Å². The molecule has 0 saturated heterocycles. The second kappa shape index (κ2) is 10.9. The van der Waals surface area contributed by atoms with Crippen LogP contribution in [-0.2, 0) is 8.85 Å². The largest absolute Gasteiger partial charge is 0.416 e. The van der Waals surface area contributed by atoms with Gasteiger partial charge in [0.2, 0.25) is 0 Å². The Morgan fingerprint density at radius 1 is 0.839 bits per heavy atom. The van der Waals surface area contributed by atoms with Crippen LogP contribution in [0.3, 0.4) is 0 Å². The van der Waals surface area contributed by atoms with Crippen LogP contribution < -0.4 is 0 Å². The molecule has 0 amide bonds. The van der Waals surface area contributed by atoms with Crippen LogP contribution in [0, 0.1) is 23.3 Å². The Morgan fingerprint density at radius 3 is 1.68 bits per heavy atom. The lowest BCUT2D eigenvalue weighted by Crippen LogP contribution is -2.49. The first-order valence-electron chi connectivity index (χ1n) is 12.0. The maximum absolute atomic E-state index is 7.01. The van der Waals surface area contributed by atoms with Crippen LogP contribution in [0.1, 0.15) is 62.3 Å². The first-order valence-corrected chi connectivity index (χ1v) is 21.4. The smallest absolute Gasteiger partial charge is 0.192 e. The van der Waals surface area contributed by atoms with E-state index in [4.69, 9.17) is 8.85 Å². The molecular weight excluding hydrogens is 429 g/mol. The van der Waals surface area contributed by atoms with Crippen molar-refractivity contribution < 1.29 is 8.85 Å². The quantitative estimate of drug-likeness (QED) is 0.255. The molecule has 3 atom stereocenters. The van der Waals surface area contributed by atoms with E-state index in [2.05, 4.69) is 126 Å². The summed E-state index contributed by atoms with van der Waals surface area (Å²) in [5, 5.41) is 0.401. The fraction of sp³-hybridized carbons (Fsp3) is 0.846. The number of rotatable bonds is 8. The molecular formula is C26H54O2Si3. The van der Waals surface area contributed by atoms with Crippen molar-refractivity contribution in [1.29, 1.82) is 0 Å². The van der Waals surface area contributed by atoms with E-state index in [1.54, 1.807) is 0 Å². The monoisotopic (exact) mass is 482 g/mol. The van der Waals surface area contributed by atoms with Crippen molar-refractivity contribution in [3.05, 3.63) is 11.6 Å². The van der Waals surface area contributed by atoms with Gasteiger partial charge >= 0.3 is 0 Å². The maximum atomic E-state index is 7.01. The van der Waals surface area contributed by atoms with Crippen molar-refractivity contribution in [2.75, 3.05) is 6.61 Å². The molecule has 0 saturated carbocycles. The maximum Gasteiger partial charge on any atom is 0.192 e. The van der Waals surface area contributed by atoms with Gasteiger partial charge in [-0.1, -0.05) is 87.0 Å². The van der Waals surface area contributed by atoms with Gasteiger partial charge in [-0.3, -0.25) is 0 Å². The molecule has 0 heterocycles. The van der Waals surface area contributed by atoms with E-state index in [1.165, 1.54) is 0 Å². The zero-order valence-corrected chi connectivity index (χ0v) is 26.8. The van der Waals surface area contributed by atoms with Crippen molar-refractivity contribution in [3.63, 3.8) is 0 Å². The fourth-order valence-electron chi connectivity index (χ4n) is 2.73. The number of allylic oxidation sites excluding steroid dienone is 1. The minimum absolute atomic E-state index is 0.134. The van der Waals surface area contributed by atoms with Crippen LogP contribution in [0.2, 0.25) is 55.9 Å². The molecule has 0 aromatic heterocycles. The molecule has 182 valence electrons. The lowest BCUT2D eigenvalue weighted by atomic mass is 9.92. The molecule has 0 unspecified atom stereocenters. The van der Waals surface area contributed by atoms with E-state index in [9.17, 15) is 0 Å². The van der Waals surface area contributed by atoms with E-state index >= 15 is 0 Å². The summed E-state index contributed by atoms with van der Waals surface area (Å²) in [6.45, 7) is 37.6. The first-order chi connectivity index (χ1) is 13.5. The summed E-state index contributed by atoms with van der Waals surface area (Å²) >= 11 is 0. The third-order valence-electron chi connectivity index (χ3n) is 6.98. The Balaban J connectivity index is 5.82. The molecule has 0 N–H and O–H groups in total. The fourth-order valence-corrected chi connectivity index (χ4v) is 5.89. The topological polar surface area (TPSA) is 18.5 Å². The Kier molecular flexibility index (Phi) is 10.8. The second-order valence-electron chi connectivity index (χ2n) is 13.6. The summed E-state index contributed by atoms with van der Waals surface area (Å²) in [4.78, 5) is 0.